The number of pyridine rings is 1. The van der Waals surface area contributed by atoms with Gasteiger partial charge in [-0.3, -0.25) is 4.40 Å². The molecule has 3 heterocycles. The summed E-state index contributed by atoms with van der Waals surface area (Å²) in [6, 6.07) is 10.6. The number of rotatable bonds is 3. The van der Waals surface area contributed by atoms with Crippen LogP contribution in [0.25, 0.3) is 16.7 Å². The summed E-state index contributed by atoms with van der Waals surface area (Å²) in [5, 5.41) is 13.5. The molecule has 1 atom stereocenters. The van der Waals surface area contributed by atoms with E-state index in [0.29, 0.717) is 0 Å². The van der Waals surface area contributed by atoms with Crippen LogP contribution in [0, 0.1) is 11.3 Å². The number of fused-ring (bicyclic) bond motifs is 4. The second-order valence-electron chi connectivity index (χ2n) is 7.28. The lowest BCUT2D eigenvalue weighted by Crippen LogP contribution is -2.22. The highest BCUT2D eigenvalue weighted by molar-refractivity contribution is 5.86. The number of para-hydroxylation sites is 2. The summed E-state index contributed by atoms with van der Waals surface area (Å²) in [5.74, 6) is 1.11. The first-order valence-electron chi connectivity index (χ1n) is 9.57. The number of imidazole rings is 1. The zero-order valence-corrected chi connectivity index (χ0v) is 14.8. The molecule has 2 aromatic heterocycles. The first kappa shape index (κ1) is 15.7. The van der Waals surface area contributed by atoms with Crippen LogP contribution >= 0.6 is 0 Å². The molecule has 132 valence electrons. The van der Waals surface area contributed by atoms with Crippen molar-refractivity contribution in [2.75, 3.05) is 18.5 Å². The van der Waals surface area contributed by atoms with E-state index in [-0.39, 0.29) is 6.10 Å². The number of ether oxygens (including phenoxy) is 1. The van der Waals surface area contributed by atoms with Crippen molar-refractivity contribution in [3.8, 4) is 6.07 Å². The van der Waals surface area contributed by atoms with Crippen LogP contribution in [-0.4, -0.2) is 28.6 Å². The van der Waals surface area contributed by atoms with Gasteiger partial charge in [-0.2, -0.15) is 5.26 Å². The van der Waals surface area contributed by atoms with Crippen molar-refractivity contribution in [3.63, 3.8) is 0 Å². The molecule has 3 aromatic rings. The average Bonchev–Trinajstić information content (AvgIpc) is 3.33. The third-order valence-electron chi connectivity index (χ3n) is 5.70. The predicted octanol–water partition coefficient (Wildman–Crippen LogP) is 3.83. The molecule has 0 spiro atoms. The van der Waals surface area contributed by atoms with E-state index in [0.717, 1.165) is 73.3 Å². The molecule has 1 N–H and O–H groups in total. The standard InChI is InChI=1S/C21H22N4O/c22-12-17-15-7-1-2-8-16(15)20(23-13-14-6-5-11-26-14)25-19-10-4-3-9-18(19)24-21(17)25/h3-4,9-10,14,23H,1-2,5-8,11,13H2/t14-/m1/s1. The highest BCUT2D eigenvalue weighted by atomic mass is 16.5. The Bertz CT molecular complexity index is 1020. The molecule has 5 rings (SSSR count). The first-order chi connectivity index (χ1) is 12.9. The van der Waals surface area contributed by atoms with Gasteiger partial charge in [-0.25, -0.2) is 4.98 Å². The number of nitrogens with zero attached hydrogens (tertiary/aromatic N) is 3. The van der Waals surface area contributed by atoms with Crippen LogP contribution in [0.3, 0.4) is 0 Å². The van der Waals surface area contributed by atoms with Crippen molar-refractivity contribution in [1.82, 2.24) is 9.38 Å². The summed E-state index contributed by atoms with van der Waals surface area (Å²) >= 11 is 0. The van der Waals surface area contributed by atoms with Crippen molar-refractivity contribution in [2.24, 2.45) is 0 Å². The molecule has 5 heteroatoms. The van der Waals surface area contributed by atoms with E-state index in [9.17, 15) is 5.26 Å². The fourth-order valence-electron chi connectivity index (χ4n) is 4.45. The van der Waals surface area contributed by atoms with Gasteiger partial charge in [0.1, 0.15) is 11.9 Å². The van der Waals surface area contributed by atoms with Gasteiger partial charge in [0.05, 0.1) is 22.7 Å². The van der Waals surface area contributed by atoms with Crippen LogP contribution in [-0.2, 0) is 17.6 Å². The molecule has 1 fully saturated rings. The summed E-state index contributed by atoms with van der Waals surface area (Å²) in [6.07, 6.45) is 6.82. The Balaban J connectivity index is 1.75. The third-order valence-corrected chi connectivity index (χ3v) is 5.70. The van der Waals surface area contributed by atoms with Gasteiger partial charge in [-0.15, -0.1) is 0 Å². The maximum absolute atomic E-state index is 9.87. The summed E-state index contributed by atoms with van der Waals surface area (Å²) in [7, 11) is 0. The molecular weight excluding hydrogens is 324 g/mol. The molecule has 0 amide bonds. The van der Waals surface area contributed by atoms with E-state index in [1.807, 2.05) is 18.2 Å². The summed E-state index contributed by atoms with van der Waals surface area (Å²) in [6.45, 7) is 1.67. The van der Waals surface area contributed by atoms with Crippen molar-refractivity contribution in [1.29, 1.82) is 5.26 Å². The minimum Gasteiger partial charge on any atom is -0.376 e. The largest absolute Gasteiger partial charge is 0.376 e. The smallest absolute Gasteiger partial charge is 0.157 e. The van der Waals surface area contributed by atoms with Crippen molar-refractivity contribution in [2.45, 2.75) is 44.6 Å². The lowest BCUT2D eigenvalue weighted by atomic mass is 9.89. The van der Waals surface area contributed by atoms with Crippen molar-refractivity contribution >= 4 is 22.5 Å². The van der Waals surface area contributed by atoms with Gasteiger partial charge in [0, 0.05) is 13.2 Å². The quantitative estimate of drug-likeness (QED) is 0.783. The van der Waals surface area contributed by atoms with Gasteiger partial charge in [-0.1, -0.05) is 12.1 Å². The van der Waals surface area contributed by atoms with Crippen molar-refractivity contribution in [3.05, 3.63) is 41.0 Å². The summed E-state index contributed by atoms with van der Waals surface area (Å²) in [4.78, 5) is 4.80. The Morgan fingerprint density at radius 3 is 2.85 bits per heavy atom. The Morgan fingerprint density at radius 2 is 2.04 bits per heavy atom. The predicted molar refractivity (Wildman–Crippen MR) is 102 cm³/mol. The molecule has 5 nitrogen and oxygen atoms in total. The molecule has 26 heavy (non-hydrogen) atoms. The molecule has 1 aliphatic heterocycles. The fraction of sp³-hybridized carbons (Fsp3) is 0.429. The lowest BCUT2D eigenvalue weighted by molar-refractivity contribution is 0.120. The second-order valence-corrected chi connectivity index (χ2v) is 7.28. The first-order valence-corrected chi connectivity index (χ1v) is 9.57. The number of benzene rings is 1. The number of anilines is 1. The molecule has 0 unspecified atom stereocenters. The van der Waals surface area contributed by atoms with Gasteiger partial charge in [-0.05, 0) is 61.8 Å². The minimum absolute atomic E-state index is 0.273. The Kier molecular flexibility index (Phi) is 3.79. The molecule has 0 bridgehead atoms. The molecular formula is C21H22N4O. The highest BCUT2D eigenvalue weighted by Crippen LogP contribution is 2.35. The SMILES string of the molecule is N#Cc1c2c(c(NC[C@H]3CCCO3)n3c1nc1ccccc13)CCCC2. The molecule has 2 aliphatic rings. The highest BCUT2D eigenvalue weighted by Gasteiger charge is 2.25. The minimum atomic E-state index is 0.273. The number of hydrogen-bond donors (Lipinski definition) is 1. The number of hydrogen-bond acceptors (Lipinski definition) is 4. The van der Waals surface area contributed by atoms with E-state index in [1.54, 1.807) is 0 Å². The van der Waals surface area contributed by atoms with Gasteiger partial charge < -0.3 is 10.1 Å². The van der Waals surface area contributed by atoms with Crippen LogP contribution in [0.5, 0.6) is 0 Å². The zero-order valence-electron chi connectivity index (χ0n) is 14.8. The number of nitrogens with one attached hydrogen (secondary N) is 1. The maximum Gasteiger partial charge on any atom is 0.157 e. The summed E-state index contributed by atoms with van der Waals surface area (Å²) in [5.41, 5.74) is 6.01. The van der Waals surface area contributed by atoms with Crippen LogP contribution in [0.4, 0.5) is 5.82 Å². The van der Waals surface area contributed by atoms with Crippen LogP contribution in [0.1, 0.15) is 42.4 Å². The molecule has 0 saturated carbocycles. The van der Waals surface area contributed by atoms with Gasteiger partial charge in [0.25, 0.3) is 0 Å². The van der Waals surface area contributed by atoms with E-state index in [1.165, 1.54) is 17.5 Å². The second kappa shape index (κ2) is 6.30. The topological polar surface area (TPSA) is 62.3 Å². The summed E-state index contributed by atoms with van der Waals surface area (Å²) < 4.78 is 7.96. The maximum atomic E-state index is 9.87. The number of aromatic nitrogens is 2. The van der Waals surface area contributed by atoms with Crippen LogP contribution in [0.2, 0.25) is 0 Å². The third kappa shape index (κ3) is 2.37. The van der Waals surface area contributed by atoms with E-state index in [2.05, 4.69) is 21.9 Å². The Labute approximate surface area is 152 Å². The Hall–Kier alpha value is -2.58. The van der Waals surface area contributed by atoms with Crippen LogP contribution < -0.4 is 5.32 Å². The zero-order chi connectivity index (χ0) is 17.5. The Morgan fingerprint density at radius 1 is 1.19 bits per heavy atom. The van der Waals surface area contributed by atoms with E-state index in [4.69, 9.17) is 9.72 Å². The molecule has 1 saturated heterocycles. The molecule has 0 radical (unpaired) electrons. The number of nitriles is 1. The normalized spacial score (nSPS) is 19.6. The van der Waals surface area contributed by atoms with Gasteiger partial charge in [0.15, 0.2) is 5.65 Å². The lowest BCUT2D eigenvalue weighted by Gasteiger charge is -2.24. The van der Waals surface area contributed by atoms with Crippen LogP contribution in [0.15, 0.2) is 24.3 Å². The van der Waals surface area contributed by atoms with E-state index >= 15 is 0 Å². The average molecular weight is 346 g/mol. The van der Waals surface area contributed by atoms with Crippen molar-refractivity contribution < 1.29 is 4.74 Å². The monoisotopic (exact) mass is 346 g/mol. The molecule has 1 aromatic carbocycles. The van der Waals surface area contributed by atoms with Gasteiger partial charge >= 0.3 is 0 Å². The van der Waals surface area contributed by atoms with E-state index < -0.39 is 0 Å². The fourth-order valence-corrected chi connectivity index (χ4v) is 4.45. The molecule has 1 aliphatic carbocycles. The van der Waals surface area contributed by atoms with Gasteiger partial charge in [0.2, 0.25) is 0 Å².